The molecule has 0 aliphatic carbocycles. The van der Waals surface area contributed by atoms with Crippen molar-refractivity contribution in [3.8, 4) is 0 Å². The normalized spacial score (nSPS) is 42.5. The molecule has 0 aromatic heterocycles. The molecule has 17 heavy (non-hydrogen) atoms. The Morgan fingerprint density at radius 2 is 2.18 bits per heavy atom. The molecule has 3 aliphatic heterocycles. The lowest BCUT2D eigenvalue weighted by molar-refractivity contribution is 0.0560. The van der Waals surface area contributed by atoms with Gasteiger partial charge in [-0.1, -0.05) is 13.8 Å². The molecule has 0 saturated carbocycles. The van der Waals surface area contributed by atoms with E-state index in [9.17, 15) is 0 Å². The second-order valence-corrected chi connectivity index (χ2v) is 6.96. The Bertz CT molecular complexity index is 272. The Kier molecular flexibility index (Phi) is 3.20. The lowest BCUT2D eigenvalue weighted by Gasteiger charge is -2.46. The fraction of sp³-hybridized carbons (Fsp3) is 1.00. The summed E-state index contributed by atoms with van der Waals surface area (Å²) in [6.07, 6.45) is 7.28. The zero-order valence-corrected chi connectivity index (χ0v) is 11.5. The van der Waals surface area contributed by atoms with Gasteiger partial charge in [0.1, 0.15) is 0 Å². The summed E-state index contributed by atoms with van der Waals surface area (Å²) in [5.41, 5.74) is 0.687. The van der Waals surface area contributed by atoms with Gasteiger partial charge < -0.3 is 5.32 Å². The Hall–Kier alpha value is -0.0800. The van der Waals surface area contributed by atoms with Crippen molar-refractivity contribution in [2.75, 3.05) is 26.2 Å². The topological polar surface area (TPSA) is 15.3 Å². The van der Waals surface area contributed by atoms with Crippen molar-refractivity contribution in [1.29, 1.82) is 0 Å². The van der Waals surface area contributed by atoms with Crippen LogP contribution < -0.4 is 5.32 Å². The molecule has 98 valence electrons. The summed E-state index contributed by atoms with van der Waals surface area (Å²) in [5, 5.41) is 3.65. The maximum atomic E-state index is 3.65. The van der Waals surface area contributed by atoms with Crippen LogP contribution in [-0.2, 0) is 0 Å². The first-order valence-electron chi connectivity index (χ1n) is 7.67. The Balaban J connectivity index is 1.81. The molecule has 0 aromatic carbocycles. The largest absolute Gasteiger partial charge is 0.316 e. The second-order valence-electron chi connectivity index (χ2n) is 6.96. The Morgan fingerprint density at radius 1 is 1.29 bits per heavy atom. The minimum absolute atomic E-state index is 0.687. The molecular weight excluding hydrogens is 208 g/mol. The molecule has 0 amide bonds. The van der Waals surface area contributed by atoms with E-state index >= 15 is 0 Å². The maximum absolute atomic E-state index is 3.65. The van der Waals surface area contributed by atoms with Crippen molar-refractivity contribution >= 4 is 0 Å². The molecule has 0 radical (unpaired) electrons. The summed E-state index contributed by atoms with van der Waals surface area (Å²) >= 11 is 0. The van der Waals surface area contributed by atoms with Crippen LogP contribution >= 0.6 is 0 Å². The van der Waals surface area contributed by atoms with Gasteiger partial charge in [-0.15, -0.1) is 0 Å². The van der Waals surface area contributed by atoms with E-state index in [1.54, 1.807) is 0 Å². The third-order valence-electron chi connectivity index (χ3n) is 5.62. The van der Waals surface area contributed by atoms with Crippen molar-refractivity contribution in [2.24, 2.45) is 17.3 Å². The van der Waals surface area contributed by atoms with E-state index in [-0.39, 0.29) is 0 Å². The minimum Gasteiger partial charge on any atom is -0.316 e. The SMILES string of the molecule is CC(C)CC1CNCCC12CCN1CCCC12. The van der Waals surface area contributed by atoms with Crippen molar-refractivity contribution < 1.29 is 0 Å². The van der Waals surface area contributed by atoms with Crippen molar-refractivity contribution in [3.05, 3.63) is 0 Å². The van der Waals surface area contributed by atoms with Crippen LogP contribution in [0.2, 0.25) is 0 Å². The van der Waals surface area contributed by atoms with E-state index in [1.807, 2.05) is 0 Å². The van der Waals surface area contributed by atoms with Gasteiger partial charge in [0.15, 0.2) is 0 Å². The van der Waals surface area contributed by atoms with Gasteiger partial charge in [-0.3, -0.25) is 4.90 Å². The second kappa shape index (κ2) is 4.55. The average Bonchev–Trinajstić information content (AvgIpc) is 2.86. The predicted octanol–water partition coefficient (Wildman–Crippen LogP) is 2.50. The molecule has 3 atom stereocenters. The van der Waals surface area contributed by atoms with Crippen LogP contribution in [0.3, 0.4) is 0 Å². The fourth-order valence-corrected chi connectivity index (χ4v) is 4.92. The molecule has 3 saturated heterocycles. The maximum Gasteiger partial charge on any atom is 0.0156 e. The Labute approximate surface area is 106 Å². The number of fused-ring (bicyclic) bond motifs is 2. The molecule has 1 N–H and O–H groups in total. The third-order valence-corrected chi connectivity index (χ3v) is 5.62. The van der Waals surface area contributed by atoms with Crippen LogP contribution in [0.4, 0.5) is 0 Å². The highest BCUT2D eigenvalue weighted by Gasteiger charge is 2.53. The average molecular weight is 236 g/mol. The highest BCUT2D eigenvalue weighted by Crippen LogP contribution is 2.52. The molecule has 3 fully saturated rings. The monoisotopic (exact) mass is 236 g/mol. The van der Waals surface area contributed by atoms with Gasteiger partial charge in [0.25, 0.3) is 0 Å². The minimum atomic E-state index is 0.687. The zero-order valence-electron chi connectivity index (χ0n) is 11.5. The first-order valence-corrected chi connectivity index (χ1v) is 7.67. The van der Waals surface area contributed by atoms with E-state index in [2.05, 4.69) is 24.1 Å². The summed E-state index contributed by atoms with van der Waals surface area (Å²) in [6.45, 7) is 10.1. The number of nitrogens with one attached hydrogen (secondary N) is 1. The van der Waals surface area contributed by atoms with E-state index < -0.39 is 0 Å². The highest BCUT2D eigenvalue weighted by atomic mass is 15.2. The Morgan fingerprint density at radius 3 is 3.00 bits per heavy atom. The van der Waals surface area contributed by atoms with E-state index in [4.69, 9.17) is 0 Å². The number of nitrogens with zero attached hydrogens (tertiary/aromatic N) is 1. The molecule has 2 nitrogen and oxygen atoms in total. The van der Waals surface area contributed by atoms with Crippen molar-refractivity contribution in [1.82, 2.24) is 10.2 Å². The fourth-order valence-electron chi connectivity index (χ4n) is 4.92. The number of hydrogen-bond acceptors (Lipinski definition) is 2. The lowest BCUT2D eigenvalue weighted by Crippen LogP contribution is -2.50. The molecule has 3 rings (SSSR count). The van der Waals surface area contributed by atoms with E-state index in [0.717, 1.165) is 17.9 Å². The molecule has 2 heteroatoms. The van der Waals surface area contributed by atoms with Gasteiger partial charge in [-0.25, -0.2) is 0 Å². The van der Waals surface area contributed by atoms with Crippen LogP contribution in [0.5, 0.6) is 0 Å². The third kappa shape index (κ3) is 1.94. The summed E-state index contributed by atoms with van der Waals surface area (Å²) in [5.74, 6) is 1.79. The molecule has 3 aliphatic rings. The first kappa shape index (κ1) is 12.0. The van der Waals surface area contributed by atoms with Crippen molar-refractivity contribution in [3.63, 3.8) is 0 Å². The van der Waals surface area contributed by atoms with Gasteiger partial charge in [-0.05, 0) is 75.5 Å². The van der Waals surface area contributed by atoms with Crippen LogP contribution in [0.1, 0.15) is 46.0 Å². The van der Waals surface area contributed by atoms with Crippen molar-refractivity contribution in [2.45, 2.75) is 52.0 Å². The quantitative estimate of drug-likeness (QED) is 0.792. The standard InChI is InChI=1S/C15H28N2/c1-12(2)10-13-11-16-7-5-15(13)6-9-17-8-3-4-14(15)17/h12-14,16H,3-11H2,1-2H3. The summed E-state index contributed by atoms with van der Waals surface area (Å²) < 4.78 is 0. The summed E-state index contributed by atoms with van der Waals surface area (Å²) in [4.78, 5) is 2.80. The van der Waals surface area contributed by atoms with Crippen LogP contribution in [0.25, 0.3) is 0 Å². The van der Waals surface area contributed by atoms with Crippen LogP contribution in [-0.4, -0.2) is 37.1 Å². The smallest absolute Gasteiger partial charge is 0.0156 e. The van der Waals surface area contributed by atoms with Crippen LogP contribution in [0, 0.1) is 17.3 Å². The number of piperidine rings is 1. The molecular formula is C15H28N2. The number of hydrogen-bond donors (Lipinski definition) is 1. The molecule has 3 heterocycles. The molecule has 1 spiro atoms. The lowest BCUT2D eigenvalue weighted by atomic mass is 9.63. The van der Waals surface area contributed by atoms with E-state index in [1.165, 1.54) is 58.3 Å². The molecule has 3 unspecified atom stereocenters. The molecule has 0 aromatic rings. The first-order chi connectivity index (χ1) is 8.22. The summed E-state index contributed by atoms with van der Waals surface area (Å²) in [7, 11) is 0. The molecule has 0 bridgehead atoms. The van der Waals surface area contributed by atoms with Gasteiger partial charge in [0.05, 0.1) is 0 Å². The summed E-state index contributed by atoms with van der Waals surface area (Å²) in [6, 6.07) is 0.938. The highest BCUT2D eigenvalue weighted by molar-refractivity contribution is 5.07. The van der Waals surface area contributed by atoms with Crippen LogP contribution in [0.15, 0.2) is 0 Å². The van der Waals surface area contributed by atoms with Gasteiger partial charge >= 0.3 is 0 Å². The zero-order chi connectivity index (χ0) is 11.9. The predicted molar refractivity (Wildman–Crippen MR) is 72.1 cm³/mol. The van der Waals surface area contributed by atoms with Gasteiger partial charge in [0.2, 0.25) is 0 Å². The number of rotatable bonds is 2. The van der Waals surface area contributed by atoms with Gasteiger partial charge in [-0.2, -0.15) is 0 Å². The van der Waals surface area contributed by atoms with Gasteiger partial charge in [0, 0.05) is 6.04 Å². The van der Waals surface area contributed by atoms with E-state index in [0.29, 0.717) is 5.41 Å².